The largest absolute Gasteiger partial charge is 0.497 e. The van der Waals surface area contributed by atoms with Crippen molar-refractivity contribution in [1.82, 2.24) is 9.88 Å². The third-order valence-corrected chi connectivity index (χ3v) is 6.23. The lowest BCUT2D eigenvalue weighted by molar-refractivity contribution is -0.130. The van der Waals surface area contributed by atoms with E-state index in [-0.39, 0.29) is 18.2 Å². The van der Waals surface area contributed by atoms with Crippen LogP contribution in [0.1, 0.15) is 22.5 Å². The summed E-state index contributed by atoms with van der Waals surface area (Å²) in [5.41, 5.74) is 2.39. The zero-order valence-corrected chi connectivity index (χ0v) is 18.8. The van der Waals surface area contributed by atoms with E-state index in [9.17, 15) is 9.59 Å². The highest BCUT2D eigenvalue weighted by Crippen LogP contribution is 2.21. The molecule has 0 bridgehead atoms. The number of nitrogens with one attached hydrogen (secondary N) is 1. The monoisotopic (exact) mass is 450 g/mol. The van der Waals surface area contributed by atoms with Gasteiger partial charge in [0.15, 0.2) is 5.13 Å². The van der Waals surface area contributed by atoms with E-state index in [4.69, 9.17) is 4.74 Å². The Kier molecular flexibility index (Phi) is 7.01. The van der Waals surface area contributed by atoms with Crippen molar-refractivity contribution in [3.8, 4) is 5.75 Å². The first-order valence-electron chi connectivity index (χ1n) is 10.6. The van der Waals surface area contributed by atoms with Crippen LogP contribution in [0.25, 0.3) is 0 Å². The quantitative estimate of drug-likeness (QED) is 0.620. The first kappa shape index (κ1) is 21.8. The Balaban J connectivity index is 1.31. The van der Waals surface area contributed by atoms with Crippen molar-refractivity contribution < 1.29 is 14.3 Å². The number of rotatable bonds is 6. The molecule has 3 aromatic rings. The van der Waals surface area contributed by atoms with Gasteiger partial charge < -0.3 is 14.5 Å². The second kappa shape index (κ2) is 10.3. The van der Waals surface area contributed by atoms with E-state index in [1.807, 2.05) is 40.6 Å². The molecule has 1 N–H and O–H groups in total. The van der Waals surface area contributed by atoms with E-state index in [1.165, 1.54) is 11.3 Å². The Hall–Kier alpha value is -3.39. The molecule has 0 atom stereocenters. The van der Waals surface area contributed by atoms with Gasteiger partial charge in [0.05, 0.1) is 19.2 Å². The van der Waals surface area contributed by atoms with Crippen molar-refractivity contribution in [3.05, 3.63) is 71.2 Å². The number of carbonyl (C=O) groups excluding carboxylic acids is 2. The van der Waals surface area contributed by atoms with E-state index >= 15 is 0 Å². The maximum absolute atomic E-state index is 12.9. The van der Waals surface area contributed by atoms with Gasteiger partial charge in [-0.2, -0.15) is 0 Å². The minimum Gasteiger partial charge on any atom is -0.497 e. The van der Waals surface area contributed by atoms with Gasteiger partial charge in [0.2, 0.25) is 5.91 Å². The highest BCUT2D eigenvalue weighted by Gasteiger charge is 2.20. The maximum Gasteiger partial charge on any atom is 0.257 e. The first-order valence-corrected chi connectivity index (χ1v) is 11.5. The molecule has 1 fully saturated rings. The van der Waals surface area contributed by atoms with Crippen molar-refractivity contribution in [2.75, 3.05) is 43.5 Å². The Morgan fingerprint density at radius 1 is 1.03 bits per heavy atom. The fourth-order valence-corrected chi connectivity index (χ4v) is 4.39. The van der Waals surface area contributed by atoms with Gasteiger partial charge in [0, 0.05) is 42.8 Å². The molecule has 0 saturated carbocycles. The minimum absolute atomic E-state index is 0.0628. The first-order chi connectivity index (χ1) is 15.6. The van der Waals surface area contributed by atoms with E-state index in [1.54, 1.807) is 19.2 Å². The molecule has 2 heterocycles. The molecular weight excluding hydrogens is 424 g/mol. The topological polar surface area (TPSA) is 74.8 Å². The number of anilines is 2. The van der Waals surface area contributed by atoms with Crippen LogP contribution in [0.2, 0.25) is 0 Å². The molecule has 1 aromatic heterocycles. The van der Waals surface area contributed by atoms with Crippen LogP contribution in [0.5, 0.6) is 5.75 Å². The lowest BCUT2D eigenvalue weighted by Gasteiger charge is -2.23. The van der Waals surface area contributed by atoms with Crippen molar-refractivity contribution in [3.63, 3.8) is 0 Å². The normalized spacial score (nSPS) is 14.0. The number of thiazole rings is 1. The van der Waals surface area contributed by atoms with Crippen LogP contribution < -0.4 is 15.0 Å². The lowest BCUT2D eigenvalue weighted by atomic mass is 10.2. The zero-order valence-electron chi connectivity index (χ0n) is 18.0. The summed E-state index contributed by atoms with van der Waals surface area (Å²) in [6, 6.07) is 17.0. The second-order valence-corrected chi connectivity index (χ2v) is 8.42. The number of amides is 2. The van der Waals surface area contributed by atoms with Gasteiger partial charge in [-0.3, -0.25) is 14.9 Å². The molecule has 2 aromatic carbocycles. The summed E-state index contributed by atoms with van der Waals surface area (Å²) in [6.45, 7) is 3.09. The molecule has 0 radical (unpaired) electrons. The Labute approximate surface area is 191 Å². The van der Waals surface area contributed by atoms with Gasteiger partial charge in [-0.05, 0) is 42.8 Å². The third-order valence-electron chi connectivity index (χ3n) is 5.43. The molecule has 4 rings (SSSR count). The van der Waals surface area contributed by atoms with E-state index < -0.39 is 0 Å². The molecule has 1 saturated heterocycles. The number of hydrogen-bond donors (Lipinski definition) is 1. The molecule has 32 heavy (non-hydrogen) atoms. The number of methoxy groups -OCH3 is 1. The van der Waals surface area contributed by atoms with Gasteiger partial charge in [-0.15, -0.1) is 11.3 Å². The van der Waals surface area contributed by atoms with Crippen LogP contribution in [0, 0.1) is 0 Å². The van der Waals surface area contributed by atoms with Crippen LogP contribution in [0.15, 0.2) is 60.0 Å². The number of benzene rings is 2. The van der Waals surface area contributed by atoms with Crippen LogP contribution in [0.4, 0.5) is 10.8 Å². The third kappa shape index (κ3) is 5.45. The van der Waals surface area contributed by atoms with E-state index in [0.717, 1.165) is 37.5 Å². The van der Waals surface area contributed by atoms with Crippen molar-refractivity contribution in [2.45, 2.75) is 12.8 Å². The minimum atomic E-state index is -0.205. The summed E-state index contributed by atoms with van der Waals surface area (Å²) >= 11 is 1.33. The molecule has 166 valence electrons. The number of aromatic nitrogens is 1. The van der Waals surface area contributed by atoms with Gasteiger partial charge in [0.25, 0.3) is 5.91 Å². The van der Waals surface area contributed by atoms with Crippen LogP contribution in [-0.2, 0) is 11.2 Å². The highest BCUT2D eigenvalue weighted by atomic mass is 32.1. The highest BCUT2D eigenvalue weighted by molar-refractivity contribution is 7.14. The predicted octanol–water partition coefficient (Wildman–Crippen LogP) is 3.69. The summed E-state index contributed by atoms with van der Waals surface area (Å²) in [6.07, 6.45) is 1.15. The Morgan fingerprint density at radius 2 is 1.81 bits per heavy atom. The van der Waals surface area contributed by atoms with E-state index in [0.29, 0.717) is 22.9 Å². The molecule has 0 spiro atoms. The number of carbonyl (C=O) groups is 2. The Morgan fingerprint density at radius 3 is 2.56 bits per heavy atom. The fraction of sp³-hybridized carbons (Fsp3) is 0.292. The van der Waals surface area contributed by atoms with E-state index in [2.05, 4.69) is 27.3 Å². The van der Waals surface area contributed by atoms with Gasteiger partial charge >= 0.3 is 0 Å². The summed E-state index contributed by atoms with van der Waals surface area (Å²) in [4.78, 5) is 33.8. The fourth-order valence-electron chi connectivity index (χ4n) is 3.69. The smallest absolute Gasteiger partial charge is 0.257 e. The Bertz CT molecular complexity index is 1050. The van der Waals surface area contributed by atoms with Gasteiger partial charge in [-0.1, -0.05) is 18.2 Å². The lowest BCUT2D eigenvalue weighted by Crippen LogP contribution is -2.36. The molecule has 1 aliphatic rings. The second-order valence-electron chi connectivity index (χ2n) is 7.56. The van der Waals surface area contributed by atoms with Crippen LogP contribution in [-0.4, -0.2) is 55.0 Å². The van der Waals surface area contributed by atoms with Crippen molar-refractivity contribution >= 4 is 34.0 Å². The summed E-state index contributed by atoms with van der Waals surface area (Å²) in [7, 11) is 1.66. The van der Waals surface area contributed by atoms with Crippen LogP contribution in [0.3, 0.4) is 0 Å². The molecule has 2 amide bonds. The molecule has 7 nitrogen and oxygen atoms in total. The summed E-state index contributed by atoms with van der Waals surface area (Å²) in [5, 5.41) is 5.14. The summed E-state index contributed by atoms with van der Waals surface area (Å²) < 4.78 is 5.23. The van der Waals surface area contributed by atoms with Gasteiger partial charge in [0.1, 0.15) is 5.75 Å². The molecule has 0 unspecified atom stereocenters. The average molecular weight is 451 g/mol. The molecule has 8 heteroatoms. The maximum atomic E-state index is 12.9. The SMILES string of the molecule is COc1ccc(N2CCCN(C(=O)Cc3csc(NC(=O)c4ccccc4)n3)CC2)cc1. The number of hydrogen-bond acceptors (Lipinski definition) is 6. The van der Waals surface area contributed by atoms with Crippen LogP contribution >= 0.6 is 11.3 Å². The number of nitrogens with zero attached hydrogens (tertiary/aromatic N) is 3. The summed E-state index contributed by atoms with van der Waals surface area (Å²) in [5.74, 6) is 0.694. The molecule has 1 aliphatic heterocycles. The standard InChI is InChI=1S/C24H26N4O3S/c1-31-21-10-8-20(9-11-21)27-12-5-13-28(15-14-27)22(29)16-19-17-32-24(25-19)26-23(30)18-6-3-2-4-7-18/h2-4,6-11,17H,5,12-16H2,1H3,(H,25,26,30). The predicted molar refractivity (Wildman–Crippen MR) is 127 cm³/mol. The van der Waals surface area contributed by atoms with Gasteiger partial charge in [-0.25, -0.2) is 4.98 Å². The molecular formula is C24H26N4O3S. The zero-order chi connectivity index (χ0) is 22.3. The number of ether oxygens (including phenoxy) is 1. The van der Waals surface area contributed by atoms with Crippen molar-refractivity contribution in [1.29, 1.82) is 0 Å². The van der Waals surface area contributed by atoms with Crippen molar-refractivity contribution in [2.24, 2.45) is 0 Å². The molecule has 0 aliphatic carbocycles. The average Bonchev–Trinajstić information content (AvgIpc) is 3.11.